The number of aliphatic hydroxyl groups excluding tert-OH is 1. The Kier molecular flexibility index (Phi) is 7.92. The van der Waals surface area contributed by atoms with E-state index in [0.29, 0.717) is 11.4 Å². The fourth-order valence-electron chi connectivity index (χ4n) is 2.43. The Morgan fingerprint density at radius 1 is 1.12 bits per heavy atom. The first-order chi connectivity index (χ1) is 12.7. The molecule has 140 valence electrons. The SMILES string of the molecule is CCOC(=O)[C@@H](Nc1ccc(OC)cc1)[C@@H](CO)OCc1ccccc1. The van der Waals surface area contributed by atoms with E-state index in [9.17, 15) is 9.90 Å². The summed E-state index contributed by atoms with van der Waals surface area (Å²) in [4.78, 5) is 12.4. The quantitative estimate of drug-likeness (QED) is 0.635. The van der Waals surface area contributed by atoms with Crippen LogP contribution in [0.2, 0.25) is 0 Å². The van der Waals surface area contributed by atoms with Gasteiger partial charge in [0, 0.05) is 5.69 Å². The van der Waals surface area contributed by atoms with E-state index in [0.717, 1.165) is 5.56 Å². The van der Waals surface area contributed by atoms with E-state index in [1.165, 1.54) is 0 Å². The predicted octanol–water partition coefficient (Wildman–Crippen LogP) is 2.62. The van der Waals surface area contributed by atoms with Gasteiger partial charge in [0.05, 0.1) is 26.9 Å². The van der Waals surface area contributed by atoms with E-state index < -0.39 is 18.1 Å². The number of ether oxygens (including phenoxy) is 3. The summed E-state index contributed by atoms with van der Waals surface area (Å²) in [7, 11) is 1.59. The number of carbonyl (C=O) groups excluding carboxylic acids is 1. The van der Waals surface area contributed by atoms with E-state index in [1.807, 2.05) is 30.3 Å². The van der Waals surface area contributed by atoms with E-state index in [-0.39, 0.29) is 19.8 Å². The highest BCUT2D eigenvalue weighted by atomic mass is 16.5. The molecule has 0 radical (unpaired) electrons. The Bertz CT molecular complexity index is 660. The van der Waals surface area contributed by atoms with Gasteiger partial charge in [0.15, 0.2) is 6.04 Å². The van der Waals surface area contributed by atoms with Crippen LogP contribution in [0.15, 0.2) is 54.6 Å². The molecule has 0 aromatic heterocycles. The summed E-state index contributed by atoms with van der Waals surface area (Å²) in [5.74, 6) is 0.234. The summed E-state index contributed by atoms with van der Waals surface area (Å²) in [6.45, 7) is 1.95. The zero-order valence-corrected chi connectivity index (χ0v) is 15.1. The molecular formula is C20H25NO5. The Morgan fingerprint density at radius 3 is 2.38 bits per heavy atom. The van der Waals surface area contributed by atoms with Gasteiger partial charge in [0.1, 0.15) is 11.9 Å². The number of carbonyl (C=O) groups is 1. The number of methoxy groups -OCH3 is 1. The fraction of sp³-hybridized carbons (Fsp3) is 0.350. The Balaban J connectivity index is 2.10. The fourth-order valence-corrected chi connectivity index (χ4v) is 2.43. The van der Waals surface area contributed by atoms with E-state index >= 15 is 0 Å². The third-order valence-electron chi connectivity index (χ3n) is 3.81. The van der Waals surface area contributed by atoms with Crippen molar-refractivity contribution in [3.63, 3.8) is 0 Å². The van der Waals surface area contributed by atoms with Crippen LogP contribution in [0, 0.1) is 0 Å². The number of hydrogen-bond acceptors (Lipinski definition) is 6. The summed E-state index contributed by atoms with van der Waals surface area (Å²) in [6.07, 6.45) is -0.753. The van der Waals surface area contributed by atoms with E-state index in [2.05, 4.69) is 5.32 Å². The lowest BCUT2D eigenvalue weighted by Crippen LogP contribution is -2.45. The summed E-state index contributed by atoms with van der Waals surface area (Å²) >= 11 is 0. The van der Waals surface area contributed by atoms with Crippen molar-refractivity contribution in [2.75, 3.05) is 25.6 Å². The predicted molar refractivity (Wildman–Crippen MR) is 99.1 cm³/mol. The largest absolute Gasteiger partial charge is 0.497 e. The monoisotopic (exact) mass is 359 g/mol. The first-order valence-electron chi connectivity index (χ1n) is 8.51. The van der Waals surface area contributed by atoms with Gasteiger partial charge in [-0.3, -0.25) is 0 Å². The van der Waals surface area contributed by atoms with E-state index in [1.54, 1.807) is 38.3 Å². The lowest BCUT2D eigenvalue weighted by Gasteiger charge is -2.26. The maximum Gasteiger partial charge on any atom is 0.331 e. The maximum atomic E-state index is 12.4. The molecule has 0 heterocycles. The molecule has 2 aromatic rings. The standard InChI is InChI=1S/C20H25NO5/c1-3-25-20(23)19(21-16-9-11-17(24-2)12-10-16)18(13-22)26-14-15-7-5-4-6-8-15/h4-12,18-19,21-22H,3,13-14H2,1-2H3/t18-,19+/m1/s1. The minimum Gasteiger partial charge on any atom is -0.497 e. The van der Waals surface area contributed by atoms with Crippen LogP contribution in [0.5, 0.6) is 5.75 Å². The molecule has 0 unspecified atom stereocenters. The van der Waals surface area contributed by atoms with E-state index in [4.69, 9.17) is 14.2 Å². The second kappa shape index (κ2) is 10.4. The lowest BCUT2D eigenvalue weighted by atomic mass is 10.1. The Hall–Kier alpha value is -2.57. The van der Waals surface area contributed by atoms with Gasteiger partial charge in [0.25, 0.3) is 0 Å². The molecule has 6 nitrogen and oxygen atoms in total. The molecule has 6 heteroatoms. The molecule has 0 bridgehead atoms. The van der Waals surface area contributed by atoms with Gasteiger partial charge in [-0.05, 0) is 36.8 Å². The lowest BCUT2D eigenvalue weighted by molar-refractivity contribution is -0.149. The van der Waals surface area contributed by atoms with Crippen molar-refractivity contribution in [3.05, 3.63) is 60.2 Å². The van der Waals surface area contributed by atoms with Crippen molar-refractivity contribution in [1.29, 1.82) is 0 Å². The van der Waals surface area contributed by atoms with Crippen LogP contribution in [0.4, 0.5) is 5.69 Å². The number of esters is 1. The molecule has 0 saturated heterocycles. The molecule has 0 aliphatic carbocycles. The van der Waals surface area contributed by atoms with Crippen LogP contribution in [0.25, 0.3) is 0 Å². The molecule has 0 saturated carbocycles. The molecule has 0 aliphatic rings. The molecular weight excluding hydrogens is 334 g/mol. The number of anilines is 1. The normalized spacial score (nSPS) is 12.9. The third-order valence-corrected chi connectivity index (χ3v) is 3.81. The molecule has 2 aromatic carbocycles. The first kappa shape index (κ1) is 19.8. The van der Waals surface area contributed by atoms with Gasteiger partial charge in [-0.25, -0.2) is 4.79 Å². The average Bonchev–Trinajstić information content (AvgIpc) is 2.69. The average molecular weight is 359 g/mol. The van der Waals surface area contributed by atoms with Gasteiger partial charge in [-0.2, -0.15) is 0 Å². The van der Waals surface area contributed by atoms with Crippen LogP contribution in [0.3, 0.4) is 0 Å². The number of aliphatic hydroxyl groups is 1. The highest BCUT2D eigenvalue weighted by Crippen LogP contribution is 2.18. The molecule has 0 fully saturated rings. The second-order valence-electron chi connectivity index (χ2n) is 5.62. The topological polar surface area (TPSA) is 77.0 Å². The van der Waals surface area contributed by atoms with Gasteiger partial charge in [0.2, 0.25) is 0 Å². The van der Waals surface area contributed by atoms with Crippen LogP contribution in [-0.2, 0) is 20.9 Å². The van der Waals surface area contributed by atoms with Gasteiger partial charge in [-0.1, -0.05) is 30.3 Å². The zero-order valence-electron chi connectivity index (χ0n) is 15.1. The summed E-state index contributed by atoms with van der Waals surface area (Å²) < 4.78 is 16.1. The van der Waals surface area contributed by atoms with Crippen molar-refractivity contribution < 1.29 is 24.1 Å². The number of nitrogens with one attached hydrogen (secondary N) is 1. The summed E-state index contributed by atoms with van der Waals surface area (Å²) in [6, 6.07) is 15.9. The molecule has 26 heavy (non-hydrogen) atoms. The van der Waals surface area contributed by atoms with Crippen molar-refractivity contribution in [2.45, 2.75) is 25.7 Å². The summed E-state index contributed by atoms with van der Waals surface area (Å²) in [5, 5.41) is 12.8. The zero-order chi connectivity index (χ0) is 18.8. The van der Waals surface area contributed by atoms with Gasteiger partial charge in [-0.15, -0.1) is 0 Å². The first-order valence-corrected chi connectivity index (χ1v) is 8.51. The molecule has 2 rings (SSSR count). The van der Waals surface area contributed by atoms with Crippen molar-refractivity contribution >= 4 is 11.7 Å². The number of benzene rings is 2. The Labute approximate surface area is 153 Å². The van der Waals surface area contributed by atoms with Gasteiger partial charge >= 0.3 is 5.97 Å². The second-order valence-corrected chi connectivity index (χ2v) is 5.62. The van der Waals surface area contributed by atoms with Crippen molar-refractivity contribution in [1.82, 2.24) is 0 Å². The molecule has 0 spiro atoms. The minimum absolute atomic E-state index is 0.246. The number of hydrogen-bond donors (Lipinski definition) is 2. The van der Waals surface area contributed by atoms with Gasteiger partial charge < -0.3 is 24.6 Å². The molecule has 2 atom stereocenters. The van der Waals surface area contributed by atoms with Crippen molar-refractivity contribution in [2.24, 2.45) is 0 Å². The molecule has 2 N–H and O–H groups in total. The van der Waals surface area contributed by atoms with Crippen LogP contribution in [0.1, 0.15) is 12.5 Å². The smallest absolute Gasteiger partial charge is 0.331 e. The highest BCUT2D eigenvalue weighted by Gasteiger charge is 2.30. The van der Waals surface area contributed by atoms with Crippen LogP contribution < -0.4 is 10.1 Å². The van der Waals surface area contributed by atoms with Crippen molar-refractivity contribution in [3.8, 4) is 5.75 Å². The highest BCUT2D eigenvalue weighted by molar-refractivity contribution is 5.80. The minimum atomic E-state index is -0.836. The number of rotatable bonds is 10. The Morgan fingerprint density at radius 2 is 1.81 bits per heavy atom. The van der Waals surface area contributed by atoms with Crippen LogP contribution in [-0.4, -0.2) is 43.5 Å². The molecule has 0 amide bonds. The van der Waals surface area contributed by atoms with Crippen LogP contribution >= 0.6 is 0 Å². The summed E-state index contributed by atoms with van der Waals surface area (Å²) in [5.41, 5.74) is 1.66. The third kappa shape index (κ3) is 5.75. The molecule has 0 aliphatic heterocycles. The maximum absolute atomic E-state index is 12.4.